The largest absolute Gasteiger partial charge is 0.474 e. The van der Waals surface area contributed by atoms with Crippen molar-refractivity contribution in [2.45, 2.75) is 44.4 Å². The van der Waals surface area contributed by atoms with Gasteiger partial charge >= 0.3 is 0 Å². The molecule has 3 heterocycles. The Labute approximate surface area is 194 Å². The number of benzene rings is 1. The molecule has 1 aromatic carbocycles. The van der Waals surface area contributed by atoms with E-state index in [1.54, 1.807) is 24.5 Å². The zero-order chi connectivity index (χ0) is 23.3. The summed E-state index contributed by atoms with van der Waals surface area (Å²) in [6.45, 7) is 2.90. The van der Waals surface area contributed by atoms with Crippen molar-refractivity contribution in [2.24, 2.45) is 16.6 Å². The average Bonchev–Trinajstić information content (AvgIpc) is 3.55. The van der Waals surface area contributed by atoms with Gasteiger partial charge in [-0.1, -0.05) is 11.6 Å². The Morgan fingerprint density at radius 2 is 2.15 bits per heavy atom. The molecule has 7 nitrogen and oxygen atoms in total. The quantitative estimate of drug-likeness (QED) is 0.579. The molecule has 3 aromatic rings. The number of aliphatic imine (C=N–C) groups is 1. The summed E-state index contributed by atoms with van der Waals surface area (Å²) in [5, 5.41) is -0.119. The van der Waals surface area contributed by atoms with Gasteiger partial charge in [-0.05, 0) is 44.0 Å². The number of rotatable bonds is 6. The number of pyridine rings is 1. The second-order valence-corrected chi connectivity index (χ2v) is 9.03. The number of amidine groups is 1. The Hall–Kier alpha value is -3.07. The molecule has 0 unspecified atom stereocenters. The van der Waals surface area contributed by atoms with E-state index in [0.717, 1.165) is 0 Å². The highest BCUT2D eigenvalue weighted by atomic mass is 35.5. The summed E-state index contributed by atoms with van der Waals surface area (Å²) in [6, 6.07) is 4.70. The molecule has 1 saturated carbocycles. The van der Waals surface area contributed by atoms with Gasteiger partial charge in [-0.3, -0.25) is 4.98 Å². The summed E-state index contributed by atoms with van der Waals surface area (Å²) in [6.07, 6.45) is 3.71. The third-order valence-electron chi connectivity index (χ3n) is 5.93. The molecule has 1 aliphatic heterocycles. The predicted octanol–water partition coefficient (Wildman–Crippen LogP) is 4.09. The minimum Gasteiger partial charge on any atom is -0.474 e. The van der Waals surface area contributed by atoms with Crippen LogP contribution in [0.1, 0.15) is 37.1 Å². The molecule has 1 aliphatic carbocycles. The van der Waals surface area contributed by atoms with Crippen molar-refractivity contribution in [3.63, 3.8) is 0 Å². The summed E-state index contributed by atoms with van der Waals surface area (Å²) < 4.78 is 40.6. The zero-order valence-corrected chi connectivity index (χ0v) is 18.8. The van der Waals surface area contributed by atoms with E-state index in [1.165, 1.54) is 6.07 Å². The van der Waals surface area contributed by atoms with Gasteiger partial charge in [-0.15, -0.1) is 0 Å². The number of hydrogen-bond donors (Lipinski definition) is 1. The number of ether oxygens (including phenoxy) is 2. The lowest BCUT2D eigenvalue weighted by molar-refractivity contribution is 0.168. The van der Waals surface area contributed by atoms with Gasteiger partial charge in [-0.2, -0.15) is 0 Å². The minimum atomic E-state index is -1.45. The molecule has 0 spiro atoms. The first-order chi connectivity index (χ1) is 15.8. The second-order valence-electron chi connectivity index (χ2n) is 8.62. The van der Waals surface area contributed by atoms with Gasteiger partial charge in [-0.25, -0.2) is 23.7 Å². The number of aromatic nitrogens is 3. The summed E-state index contributed by atoms with van der Waals surface area (Å²) >= 11 is 6.24. The lowest BCUT2D eigenvalue weighted by Crippen LogP contribution is -2.39. The Balaban J connectivity index is 1.55. The van der Waals surface area contributed by atoms with Crippen LogP contribution in [0, 0.1) is 11.7 Å². The van der Waals surface area contributed by atoms with Crippen LogP contribution in [0.2, 0.25) is 5.02 Å². The van der Waals surface area contributed by atoms with Crippen LogP contribution in [0.3, 0.4) is 0 Å². The van der Waals surface area contributed by atoms with Gasteiger partial charge < -0.3 is 15.2 Å². The van der Waals surface area contributed by atoms with Gasteiger partial charge in [0.1, 0.15) is 29.7 Å². The highest BCUT2D eigenvalue weighted by Crippen LogP contribution is 2.54. The standard InChI is InChI=1S/C23H22ClF2N5O2/c1-11(2)32-19-9-29-21-16(30-19)3-4-28-17(21)7-12-5-14(20(26)15(24)6-12)23(10-25)13-8-18(13)33-22(27)31-23/h3-6,9,11,13,18H,7-8,10H2,1-2H3,(H2,27,31)/t13-,18+,23-/m0/s1. The van der Waals surface area contributed by atoms with Gasteiger partial charge in [0.2, 0.25) is 5.88 Å². The van der Waals surface area contributed by atoms with Gasteiger partial charge in [0.05, 0.1) is 28.5 Å². The van der Waals surface area contributed by atoms with E-state index in [2.05, 4.69) is 19.9 Å². The summed E-state index contributed by atoms with van der Waals surface area (Å²) in [4.78, 5) is 17.6. The van der Waals surface area contributed by atoms with Crippen LogP contribution in [0.4, 0.5) is 8.78 Å². The molecule has 172 valence electrons. The molecule has 2 N–H and O–H groups in total. The number of nitrogens with zero attached hydrogens (tertiary/aromatic N) is 4. The smallest absolute Gasteiger partial charge is 0.283 e. The fraction of sp³-hybridized carbons (Fsp3) is 0.391. The van der Waals surface area contributed by atoms with Crippen LogP contribution in [-0.2, 0) is 16.7 Å². The highest BCUT2D eigenvalue weighted by molar-refractivity contribution is 6.30. The molecule has 2 aromatic heterocycles. The van der Waals surface area contributed by atoms with Gasteiger partial charge in [0.25, 0.3) is 6.02 Å². The normalized spacial score (nSPS) is 23.8. The third kappa shape index (κ3) is 3.84. The topological polar surface area (TPSA) is 95.5 Å². The van der Waals surface area contributed by atoms with Crippen molar-refractivity contribution >= 4 is 28.7 Å². The molecule has 10 heteroatoms. The minimum absolute atomic E-state index is 0.0337. The van der Waals surface area contributed by atoms with E-state index in [-0.39, 0.29) is 41.2 Å². The summed E-state index contributed by atoms with van der Waals surface area (Å²) in [5.74, 6) is -0.583. The van der Waals surface area contributed by atoms with Crippen LogP contribution < -0.4 is 10.5 Å². The molecule has 0 radical (unpaired) electrons. The number of hydrogen-bond acceptors (Lipinski definition) is 7. The fourth-order valence-electron chi connectivity index (χ4n) is 4.39. The van der Waals surface area contributed by atoms with Crippen molar-refractivity contribution in [1.29, 1.82) is 0 Å². The first-order valence-electron chi connectivity index (χ1n) is 10.6. The number of fused-ring (bicyclic) bond motifs is 2. The van der Waals surface area contributed by atoms with E-state index in [9.17, 15) is 4.39 Å². The molecule has 33 heavy (non-hydrogen) atoms. The molecule has 1 fully saturated rings. The lowest BCUT2D eigenvalue weighted by Gasteiger charge is -2.32. The van der Waals surface area contributed by atoms with Crippen molar-refractivity contribution in [1.82, 2.24) is 15.0 Å². The summed E-state index contributed by atoms with van der Waals surface area (Å²) in [7, 11) is 0. The van der Waals surface area contributed by atoms with Crippen LogP contribution >= 0.6 is 11.6 Å². The van der Waals surface area contributed by atoms with E-state index in [0.29, 0.717) is 34.6 Å². The molecule has 0 saturated heterocycles. The number of alkyl halides is 1. The Morgan fingerprint density at radius 1 is 1.33 bits per heavy atom. The van der Waals surface area contributed by atoms with E-state index in [1.807, 2.05) is 13.8 Å². The maximum absolute atomic E-state index is 15.2. The zero-order valence-electron chi connectivity index (χ0n) is 18.1. The lowest BCUT2D eigenvalue weighted by atomic mass is 9.84. The summed E-state index contributed by atoms with van der Waals surface area (Å²) in [5.41, 5.74) is 6.86. The molecule has 5 rings (SSSR count). The first kappa shape index (κ1) is 21.8. The highest BCUT2D eigenvalue weighted by Gasteiger charge is 2.60. The second kappa shape index (κ2) is 8.06. The van der Waals surface area contributed by atoms with Crippen molar-refractivity contribution < 1.29 is 18.3 Å². The Kier molecular flexibility index (Phi) is 5.31. The Morgan fingerprint density at radius 3 is 2.91 bits per heavy atom. The van der Waals surface area contributed by atoms with E-state index < -0.39 is 18.0 Å². The van der Waals surface area contributed by atoms with Crippen molar-refractivity contribution in [3.8, 4) is 5.88 Å². The van der Waals surface area contributed by atoms with Crippen LogP contribution in [-0.4, -0.2) is 39.9 Å². The number of nitrogens with two attached hydrogens (primary N) is 1. The van der Waals surface area contributed by atoms with Crippen LogP contribution in [0.5, 0.6) is 5.88 Å². The number of halogens is 3. The fourth-order valence-corrected chi connectivity index (χ4v) is 4.64. The van der Waals surface area contributed by atoms with Gasteiger partial charge in [0, 0.05) is 24.1 Å². The molecular formula is C23H22ClF2N5O2. The first-order valence-corrected chi connectivity index (χ1v) is 11.0. The van der Waals surface area contributed by atoms with E-state index >= 15 is 4.39 Å². The van der Waals surface area contributed by atoms with Crippen LogP contribution in [0.25, 0.3) is 11.0 Å². The molecule has 0 amide bonds. The van der Waals surface area contributed by atoms with Crippen molar-refractivity contribution in [2.75, 3.05) is 6.67 Å². The monoisotopic (exact) mass is 473 g/mol. The Bertz CT molecular complexity index is 1270. The molecule has 3 atom stereocenters. The average molecular weight is 474 g/mol. The SMILES string of the molecule is CC(C)Oc1cnc2c(Cc3cc(Cl)c(F)c([C@@]4(CF)N=C(N)O[C@@H]5C[C@@H]54)c3)nccc2n1. The molecular weight excluding hydrogens is 452 g/mol. The molecule has 2 aliphatic rings. The molecule has 0 bridgehead atoms. The third-order valence-corrected chi connectivity index (χ3v) is 6.20. The maximum atomic E-state index is 15.2. The van der Waals surface area contributed by atoms with Crippen molar-refractivity contribution in [3.05, 3.63) is 58.3 Å². The predicted molar refractivity (Wildman–Crippen MR) is 120 cm³/mol. The van der Waals surface area contributed by atoms with Crippen LogP contribution in [0.15, 0.2) is 35.6 Å². The van der Waals surface area contributed by atoms with E-state index in [4.69, 9.17) is 26.8 Å². The van der Waals surface area contributed by atoms with Gasteiger partial charge in [0.15, 0.2) is 0 Å². The maximum Gasteiger partial charge on any atom is 0.283 e.